The van der Waals surface area contributed by atoms with Crippen molar-refractivity contribution in [1.29, 1.82) is 0 Å². The lowest BCUT2D eigenvalue weighted by molar-refractivity contribution is -0.118. The van der Waals surface area contributed by atoms with Gasteiger partial charge in [0.1, 0.15) is 23.3 Å². The van der Waals surface area contributed by atoms with Gasteiger partial charge in [-0.05, 0) is 64.8 Å². The molecule has 0 atom stereocenters. The van der Waals surface area contributed by atoms with Crippen LogP contribution in [0.4, 0.5) is 5.69 Å². The first-order valence-corrected chi connectivity index (χ1v) is 10.7. The molecule has 0 saturated heterocycles. The van der Waals surface area contributed by atoms with Crippen LogP contribution in [0.1, 0.15) is 5.56 Å². The van der Waals surface area contributed by atoms with Crippen LogP contribution < -0.4 is 20.2 Å². The Balaban J connectivity index is 1.45. The Bertz CT molecular complexity index is 1370. The predicted molar refractivity (Wildman–Crippen MR) is 127 cm³/mol. The minimum Gasteiger partial charge on any atom is -0.484 e. The smallest absolute Gasteiger partial charge is 0.262 e. The van der Waals surface area contributed by atoms with Crippen LogP contribution in [0.5, 0.6) is 17.2 Å². The molecule has 0 fully saturated rings. The van der Waals surface area contributed by atoms with Crippen LogP contribution >= 0.6 is 27.5 Å². The van der Waals surface area contributed by atoms with Gasteiger partial charge in [-0.3, -0.25) is 9.59 Å². The van der Waals surface area contributed by atoms with E-state index in [9.17, 15) is 9.59 Å². The van der Waals surface area contributed by atoms with Crippen molar-refractivity contribution in [2.75, 3.05) is 11.9 Å². The van der Waals surface area contributed by atoms with Gasteiger partial charge >= 0.3 is 0 Å². The van der Waals surface area contributed by atoms with E-state index >= 15 is 0 Å². The summed E-state index contributed by atoms with van der Waals surface area (Å²) >= 11 is 9.45. The molecule has 1 aromatic heterocycles. The van der Waals surface area contributed by atoms with E-state index in [-0.39, 0.29) is 23.7 Å². The van der Waals surface area contributed by atoms with Crippen LogP contribution in [-0.2, 0) is 4.79 Å². The predicted octanol–water partition coefficient (Wildman–Crippen LogP) is 6.33. The zero-order chi connectivity index (χ0) is 22.7. The topological polar surface area (TPSA) is 77.8 Å². The Hall–Kier alpha value is -3.29. The fraction of sp³-hybridized carbons (Fsp3) is 0.0833. The number of amides is 1. The summed E-state index contributed by atoms with van der Waals surface area (Å²) in [5, 5.41) is 3.62. The van der Waals surface area contributed by atoms with E-state index in [2.05, 4.69) is 21.2 Å². The molecule has 0 radical (unpaired) electrons. The quantitative estimate of drug-likeness (QED) is 0.325. The molecule has 4 rings (SSSR count). The van der Waals surface area contributed by atoms with E-state index in [0.717, 1.165) is 10.0 Å². The third-order valence-corrected chi connectivity index (χ3v) is 5.66. The van der Waals surface area contributed by atoms with Crippen molar-refractivity contribution < 1.29 is 18.7 Å². The van der Waals surface area contributed by atoms with Crippen molar-refractivity contribution in [1.82, 2.24) is 0 Å². The number of nitrogens with one attached hydrogen (secondary N) is 1. The number of benzene rings is 3. The molecule has 0 saturated carbocycles. The number of rotatable bonds is 6. The maximum Gasteiger partial charge on any atom is 0.262 e. The van der Waals surface area contributed by atoms with Crippen LogP contribution in [0.15, 0.2) is 80.6 Å². The first-order valence-electron chi connectivity index (χ1n) is 9.57. The Morgan fingerprint density at radius 2 is 1.91 bits per heavy atom. The SMILES string of the molecule is Cc1ccc(NC(=O)COc2ccc3c(=O)c(Oc4ccccc4Br)coc3c2)cc1Cl. The molecule has 1 heterocycles. The van der Waals surface area contributed by atoms with Crippen LogP contribution in [0.2, 0.25) is 5.02 Å². The summed E-state index contributed by atoms with van der Waals surface area (Å²) in [6, 6.07) is 17.2. The Kier molecular flexibility index (Phi) is 6.48. The van der Waals surface area contributed by atoms with Gasteiger partial charge in [0.05, 0.1) is 9.86 Å². The molecule has 0 aliphatic heterocycles. The number of ether oxygens (including phenoxy) is 2. The number of hydrogen-bond acceptors (Lipinski definition) is 5. The Labute approximate surface area is 196 Å². The lowest BCUT2D eigenvalue weighted by atomic mass is 10.2. The third kappa shape index (κ3) is 4.95. The molecule has 162 valence electrons. The van der Waals surface area contributed by atoms with Gasteiger partial charge in [-0.25, -0.2) is 0 Å². The van der Waals surface area contributed by atoms with Crippen molar-refractivity contribution in [2.24, 2.45) is 0 Å². The van der Waals surface area contributed by atoms with Crippen LogP contribution in [0, 0.1) is 6.92 Å². The van der Waals surface area contributed by atoms with Gasteiger partial charge in [0.25, 0.3) is 5.91 Å². The second kappa shape index (κ2) is 9.46. The summed E-state index contributed by atoms with van der Waals surface area (Å²) in [6.07, 6.45) is 1.25. The lowest BCUT2D eigenvalue weighted by Crippen LogP contribution is -2.20. The number of carbonyl (C=O) groups excluding carboxylic acids is 1. The average Bonchev–Trinajstić information content (AvgIpc) is 2.78. The number of para-hydroxylation sites is 1. The van der Waals surface area contributed by atoms with Crippen molar-refractivity contribution in [3.05, 3.63) is 92.2 Å². The van der Waals surface area contributed by atoms with E-state index < -0.39 is 0 Å². The van der Waals surface area contributed by atoms with E-state index in [1.54, 1.807) is 42.5 Å². The summed E-state index contributed by atoms with van der Waals surface area (Å²) in [6.45, 7) is 1.66. The zero-order valence-electron chi connectivity index (χ0n) is 16.9. The van der Waals surface area contributed by atoms with Crippen molar-refractivity contribution in [3.63, 3.8) is 0 Å². The highest BCUT2D eigenvalue weighted by Gasteiger charge is 2.12. The van der Waals surface area contributed by atoms with Gasteiger partial charge < -0.3 is 19.2 Å². The van der Waals surface area contributed by atoms with Gasteiger partial charge in [0.2, 0.25) is 11.2 Å². The molecule has 0 bridgehead atoms. The summed E-state index contributed by atoms with van der Waals surface area (Å²) in [5.41, 5.74) is 1.50. The number of anilines is 1. The van der Waals surface area contributed by atoms with Crippen LogP contribution in [0.3, 0.4) is 0 Å². The molecular weight excluding hydrogens is 498 g/mol. The molecule has 6 nitrogen and oxygen atoms in total. The maximum atomic E-state index is 12.8. The molecular formula is C24H17BrClNO5. The minimum atomic E-state index is -0.344. The Morgan fingerprint density at radius 3 is 2.69 bits per heavy atom. The normalized spacial score (nSPS) is 10.7. The number of carbonyl (C=O) groups is 1. The number of halogens is 2. The first kappa shape index (κ1) is 21.9. The minimum absolute atomic E-state index is 0.0641. The molecule has 3 aromatic carbocycles. The second-order valence-corrected chi connectivity index (χ2v) is 8.18. The molecule has 32 heavy (non-hydrogen) atoms. The van der Waals surface area contributed by atoms with Gasteiger partial charge in [-0.1, -0.05) is 29.8 Å². The van der Waals surface area contributed by atoms with Crippen molar-refractivity contribution in [2.45, 2.75) is 6.92 Å². The fourth-order valence-corrected chi connectivity index (χ4v) is 3.46. The Morgan fingerprint density at radius 1 is 1.09 bits per heavy atom. The van der Waals surface area contributed by atoms with Crippen LogP contribution in [0.25, 0.3) is 11.0 Å². The first-order chi connectivity index (χ1) is 15.4. The third-order valence-electron chi connectivity index (χ3n) is 4.60. The number of fused-ring (bicyclic) bond motifs is 1. The summed E-state index contributed by atoms with van der Waals surface area (Å²) in [4.78, 5) is 24.9. The lowest BCUT2D eigenvalue weighted by Gasteiger charge is -2.10. The van der Waals surface area contributed by atoms with Crippen molar-refractivity contribution in [3.8, 4) is 17.2 Å². The van der Waals surface area contributed by atoms with Crippen molar-refractivity contribution >= 4 is 50.1 Å². The van der Waals surface area contributed by atoms with Gasteiger partial charge in [-0.2, -0.15) is 0 Å². The van der Waals surface area contributed by atoms with Gasteiger partial charge in [0.15, 0.2) is 6.61 Å². The zero-order valence-corrected chi connectivity index (χ0v) is 19.2. The fourth-order valence-electron chi connectivity index (χ4n) is 2.91. The molecule has 0 aliphatic rings. The maximum absolute atomic E-state index is 12.8. The van der Waals surface area contributed by atoms with Gasteiger partial charge in [-0.15, -0.1) is 0 Å². The van der Waals surface area contributed by atoms with E-state index in [4.69, 9.17) is 25.5 Å². The summed E-state index contributed by atoms with van der Waals surface area (Å²) in [7, 11) is 0. The van der Waals surface area contributed by atoms with E-state index in [1.165, 1.54) is 6.26 Å². The molecule has 8 heteroatoms. The van der Waals surface area contributed by atoms with Gasteiger partial charge in [0, 0.05) is 16.8 Å². The highest BCUT2D eigenvalue weighted by molar-refractivity contribution is 9.10. The molecule has 0 unspecified atom stereocenters. The number of aryl methyl sites for hydroxylation is 1. The molecule has 1 amide bonds. The summed E-state index contributed by atoms with van der Waals surface area (Å²) < 4.78 is 17.5. The number of hydrogen-bond donors (Lipinski definition) is 1. The van der Waals surface area contributed by atoms with E-state index in [0.29, 0.717) is 33.2 Å². The molecule has 4 aromatic rings. The second-order valence-electron chi connectivity index (χ2n) is 6.92. The average molecular weight is 515 g/mol. The van der Waals surface area contributed by atoms with E-state index in [1.807, 2.05) is 25.1 Å². The van der Waals surface area contributed by atoms with Crippen LogP contribution in [-0.4, -0.2) is 12.5 Å². The molecule has 0 spiro atoms. The highest BCUT2D eigenvalue weighted by Crippen LogP contribution is 2.29. The monoisotopic (exact) mass is 513 g/mol. The molecule has 1 N–H and O–H groups in total. The highest BCUT2D eigenvalue weighted by atomic mass is 79.9. The largest absolute Gasteiger partial charge is 0.484 e. The summed E-state index contributed by atoms with van der Waals surface area (Å²) in [5.74, 6) is 0.607. The standard InChI is InChI=1S/C24H17BrClNO5/c1-14-6-7-15(10-19(14)26)27-23(28)13-30-16-8-9-17-21(11-16)31-12-22(24(17)29)32-20-5-3-2-4-18(20)25/h2-12H,13H2,1H3,(H,27,28). The molecule has 0 aliphatic carbocycles.